The molecule has 3 N–H and O–H groups in total. The number of nitrogens with one attached hydrogen (secondary N) is 2. The molecule has 0 radical (unpaired) electrons. The molecule has 0 atom stereocenters. The number of nitrogens with zero attached hydrogens (tertiary/aromatic N) is 2. The molecule has 1 aromatic heterocycles. The first-order valence-corrected chi connectivity index (χ1v) is 12.0. The maximum Gasteiger partial charge on any atom is 0.251 e. The predicted molar refractivity (Wildman–Crippen MR) is 129 cm³/mol. The minimum atomic E-state index is -0.852. The van der Waals surface area contributed by atoms with E-state index in [1.165, 1.54) is 0 Å². The van der Waals surface area contributed by atoms with E-state index in [-0.39, 0.29) is 24.4 Å². The van der Waals surface area contributed by atoms with Crippen molar-refractivity contribution in [3.8, 4) is 5.88 Å². The Hall–Kier alpha value is -2.68. The second-order valence-electron chi connectivity index (χ2n) is 9.22. The number of pyridine rings is 1. The quantitative estimate of drug-likeness (QED) is 0.555. The molecular weight excluding hydrogens is 456 g/mol. The molecular formula is C25H31ClN4O4. The molecule has 1 aliphatic heterocycles. The van der Waals surface area contributed by atoms with E-state index >= 15 is 0 Å². The van der Waals surface area contributed by atoms with Crippen LogP contribution in [0.4, 0.5) is 0 Å². The Balaban J connectivity index is 1.17. The second-order valence-corrected chi connectivity index (χ2v) is 9.62. The van der Waals surface area contributed by atoms with E-state index in [0.29, 0.717) is 35.3 Å². The Bertz CT molecular complexity index is 1030. The number of carbonyl (C=O) groups is 2. The molecule has 9 heteroatoms. The van der Waals surface area contributed by atoms with Gasteiger partial charge in [0, 0.05) is 47.5 Å². The van der Waals surface area contributed by atoms with E-state index in [1.807, 2.05) is 13.0 Å². The predicted octanol–water partition coefficient (Wildman–Crippen LogP) is 2.41. The second kappa shape index (κ2) is 10.3. The van der Waals surface area contributed by atoms with Gasteiger partial charge in [-0.2, -0.15) is 0 Å². The average molecular weight is 487 g/mol. The summed E-state index contributed by atoms with van der Waals surface area (Å²) >= 11 is 5.99. The Morgan fingerprint density at radius 3 is 2.59 bits per heavy atom. The van der Waals surface area contributed by atoms with Crippen molar-refractivity contribution in [2.45, 2.75) is 50.3 Å². The molecule has 8 nitrogen and oxygen atoms in total. The van der Waals surface area contributed by atoms with E-state index in [2.05, 4.69) is 20.5 Å². The van der Waals surface area contributed by atoms with Crippen LogP contribution in [0, 0.1) is 6.92 Å². The fourth-order valence-electron chi connectivity index (χ4n) is 4.74. The van der Waals surface area contributed by atoms with Crippen molar-refractivity contribution in [3.05, 3.63) is 58.2 Å². The number of aliphatic hydroxyl groups is 1. The van der Waals surface area contributed by atoms with Crippen molar-refractivity contribution in [1.29, 1.82) is 0 Å². The first-order chi connectivity index (χ1) is 16.3. The molecule has 1 saturated carbocycles. The summed E-state index contributed by atoms with van der Waals surface area (Å²) in [5.41, 5.74) is 1.27. The zero-order valence-corrected chi connectivity index (χ0v) is 20.3. The number of aryl methyl sites for hydroxylation is 1. The van der Waals surface area contributed by atoms with Crippen LogP contribution >= 0.6 is 11.6 Å². The number of carbonyl (C=O) groups excluding carboxylic acids is 2. The number of rotatable bonds is 7. The lowest BCUT2D eigenvalue weighted by molar-refractivity contribution is -0.122. The largest absolute Gasteiger partial charge is 0.481 e. The number of aromatic nitrogens is 1. The van der Waals surface area contributed by atoms with Crippen LogP contribution in [0.5, 0.6) is 5.88 Å². The molecule has 4 rings (SSSR count). The van der Waals surface area contributed by atoms with Gasteiger partial charge in [-0.3, -0.25) is 14.5 Å². The highest BCUT2D eigenvalue weighted by Crippen LogP contribution is 2.39. The SMILES string of the molecule is COc1ccc(C2(O)CCC(N3CC(NC(=O)CNC(=O)c4ccc(Cl)c(C)c4)C3)CC2)cn1. The fraction of sp³-hybridized carbons (Fsp3) is 0.480. The van der Waals surface area contributed by atoms with Gasteiger partial charge in [0.05, 0.1) is 25.3 Å². The van der Waals surface area contributed by atoms with Gasteiger partial charge >= 0.3 is 0 Å². The highest BCUT2D eigenvalue weighted by atomic mass is 35.5. The number of benzene rings is 1. The molecule has 2 aromatic rings. The maximum absolute atomic E-state index is 12.3. The van der Waals surface area contributed by atoms with Gasteiger partial charge in [0.25, 0.3) is 5.91 Å². The Morgan fingerprint density at radius 2 is 1.97 bits per heavy atom. The van der Waals surface area contributed by atoms with Gasteiger partial charge < -0.3 is 20.5 Å². The van der Waals surface area contributed by atoms with Crippen LogP contribution in [0.15, 0.2) is 36.5 Å². The molecule has 182 valence electrons. The van der Waals surface area contributed by atoms with Crippen molar-refractivity contribution >= 4 is 23.4 Å². The van der Waals surface area contributed by atoms with Crippen molar-refractivity contribution in [2.24, 2.45) is 0 Å². The van der Waals surface area contributed by atoms with Crippen molar-refractivity contribution in [2.75, 3.05) is 26.7 Å². The third-order valence-corrected chi connectivity index (χ3v) is 7.31. The molecule has 1 saturated heterocycles. The van der Waals surface area contributed by atoms with Gasteiger partial charge in [0.15, 0.2) is 0 Å². The maximum atomic E-state index is 12.3. The third kappa shape index (κ3) is 5.51. The van der Waals surface area contributed by atoms with Crippen LogP contribution in [-0.2, 0) is 10.4 Å². The number of likely N-dealkylation sites (tertiary alicyclic amines) is 1. The van der Waals surface area contributed by atoms with Crippen LogP contribution in [-0.4, -0.2) is 65.6 Å². The summed E-state index contributed by atoms with van der Waals surface area (Å²) in [6.07, 6.45) is 4.82. The third-order valence-electron chi connectivity index (χ3n) is 6.89. The van der Waals surface area contributed by atoms with Gasteiger partial charge in [-0.05, 0) is 62.4 Å². The minimum absolute atomic E-state index is 0.0661. The summed E-state index contributed by atoms with van der Waals surface area (Å²) in [7, 11) is 1.57. The molecule has 2 heterocycles. The fourth-order valence-corrected chi connectivity index (χ4v) is 4.86. The Labute approximate surface area is 204 Å². The highest BCUT2D eigenvalue weighted by Gasteiger charge is 2.40. The molecule has 0 bridgehead atoms. The minimum Gasteiger partial charge on any atom is -0.481 e. The highest BCUT2D eigenvalue weighted by molar-refractivity contribution is 6.31. The van der Waals surface area contributed by atoms with Gasteiger partial charge in [-0.1, -0.05) is 11.6 Å². The molecule has 2 aliphatic rings. The first kappa shape index (κ1) is 24.4. The summed E-state index contributed by atoms with van der Waals surface area (Å²) in [4.78, 5) is 31.1. The van der Waals surface area contributed by atoms with E-state index in [1.54, 1.807) is 37.6 Å². The Morgan fingerprint density at radius 1 is 1.24 bits per heavy atom. The number of methoxy groups -OCH3 is 1. The van der Waals surface area contributed by atoms with E-state index in [9.17, 15) is 14.7 Å². The molecule has 34 heavy (non-hydrogen) atoms. The summed E-state index contributed by atoms with van der Waals surface area (Å²) in [5, 5.41) is 17.3. The molecule has 2 fully saturated rings. The van der Waals surface area contributed by atoms with E-state index < -0.39 is 5.60 Å². The summed E-state index contributed by atoms with van der Waals surface area (Å²) in [6.45, 7) is 3.33. The van der Waals surface area contributed by atoms with Crippen LogP contribution in [0.25, 0.3) is 0 Å². The van der Waals surface area contributed by atoms with Gasteiger partial charge in [0.2, 0.25) is 11.8 Å². The monoisotopic (exact) mass is 486 g/mol. The van der Waals surface area contributed by atoms with Gasteiger partial charge in [0.1, 0.15) is 0 Å². The number of hydrogen-bond acceptors (Lipinski definition) is 6. The van der Waals surface area contributed by atoms with Crippen LogP contribution < -0.4 is 15.4 Å². The summed E-state index contributed by atoms with van der Waals surface area (Å²) in [6, 6.07) is 9.16. The van der Waals surface area contributed by atoms with Crippen LogP contribution in [0.3, 0.4) is 0 Å². The lowest BCUT2D eigenvalue weighted by Crippen LogP contribution is -2.63. The first-order valence-electron chi connectivity index (χ1n) is 11.6. The lowest BCUT2D eigenvalue weighted by Gasteiger charge is -2.48. The molecule has 1 aromatic carbocycles. The Kier molecular flexibility index (Phi) is 7.40. The molecule has 1 aliphatic carbocycles. The summed E-state index contributed by atoms with van der Waals surface area (Å²) < 4.78 is 5.10. The topological polar surface area (TPSA) is 104 Å². The number of amides is 2. The van der Waals surface area contributed by atoms with Crippen LogP contribution in [0.1, 0.15) is 47.2 Å². The number of halogens is 1. The van der Waals surface area contributed by atoms with Gasteiger partial charge in [-0.15, -0.1) is 0 Å². The average Bonchev–Trinajstić information content (AvgIpc) is 2.82. The van der Waals surface area contributed by atoms with Gasteiger partial charge in [-0.25, -0.2) is 4.98 Å². The molecule has 2 amide bonds. The van der Waals surface area contributed by atoms with Crippen molar-refractivity contribution < 1.29 is 19.4 Å². The van der Waals surface area contributed by atoms with Crippen molar-refractivity contribution in [1.82, 2.24) is 20.5 Å². The number of hydrogen-bond donors (Lipinski definition) is 3. The zero-order chi connectivity index (χ0) is 24.3. The summed E-state index contributed by atoms with van der Waals surface area (Å²) in [5.74, 6) is 0.0370. The van der Waals surface area contributed by atoms with Crippen LogP contribution in [0.2, 0.25) is 5.02 Å². The standard InChI is InChI=1S/C25H31ClN4O4/c1-16-11-17(3-5-21(16)26)24(32)28-13-22(31)29-19-14-30(15-19)20-7-9-25(33,10-8-20)18-4-6-23(34-2)27-12-18/h3-6,11-12,19-20,33H,7-10,13-15H2,1-2H3,(H,28,32)(H,29,31). The van der Waals surface area contributed by atoms with E-state index in [4.69, 9.17) is 16.3 Å². The smallest absolute Gasteiger partial charge is 0.251 e. The molecule has 0 spiro atoms. The number of ether oxygens (including phenoxy) is 1. The van der Waals surface area contributed by atoms with Crippen molar-refractivity contribution in [3.63, 3.8) is 0 Å². The lowest BCUT2D eigenvalue weighted by atomic mass is 9.77. The van der Waals surface area contributed by atoms with E-state index in [0.717, 1.165) is 37.1 Å². The zero-order valence-electron chi connectivity index (χ0n) is 19.5. The normalized spacial score (nSPS) is 23.1. The molecule has 0 unspecified atom stereocenters.